The number of benzene rings is 2. The number of para-hydroxylation sites is 1. The molecule has 1 aliphatic heterocycles. The quantitative estimate of drug-likeness (QED) is 0.673. The monoisotopic (exact) mass is 467 g/mol. The summed E-state index contributed by atoms with van der Waals surface area (Å²) in [7, 11) is -3.70. The Bertz CT molecular complexity index is 1070. The number of likely N-dealkylation sites (N-methyl/N-ethyl adjacent to an activating group) is 1. The van der Waals surface area contributed by atoms with Crippen LogP contribution >= 0.6 is 0 Å². The van der Waals surface area contributed by atoms with E-state index in [1.54, 1.807) is 6.92 Å². The van der Waals surface area contributed by atoms with Crippen molar-refractivity contribution in [2.75, 3.05) is 44.7 Å². The van der Waals surface area contributed by atoms with Gasteiger partial charge in [-0.25, -0.2) is 17.2 Å². The third kappa shape index (κ3) is 5.29. The van der Waals surface area contributed by atoms with Crippen molar-refractivity contribution in [3.05, 3.63) is 59.7 Å². The van der Waals surface area contributed by atoms with E-state index in [1.165, 1.54) is 39.5 Å². The van der Waals surface area contributed by atoms with Crippen molar-refractivity contribution < 1.29 is 31.5 Å². The molecule has 2 amide bonds. The van der Waals surface area contributed by atoms with Crippen LogP contribution in [0, 0.1) is 11.6 Å². The molecule has 1 heterocycles. The fraction of sp³-hybridized carbons (Fsp3) is 0.333. The van der Waals surface area contributed by atoms with Gasteiger partial charge in [0.15, 0.2) is 0 Å². The van der Waals surface area contributed by atoms with E-state index in [0.717, 1.165) is 12.1 Å². The first-order chi connectivity index (χ1) is 15.2. The molecular weight excluding hydrogens is 444 g/mol. The number of ether oxygens (including phenoxy) is 1. The molecule has 0 radical (unpaired) electrons. The molecule has 0 aromatic heterocycles. The van der Waals surface area contributed by atoms with Crippen molar-refractivity contribution >= 4 is 27.5 Å². The Morgan fingerprint density at radius 2 is 1.66 bits per heavy atom. The summed E-state index contributed by atoms with van der Waals surface area (Å²) in [5, 5.41) is 2.14. The number of amides is 2. The predicted octanol–water partition coefficient (Wildman–Crippen LogP) is 2.09. The number of carbonyl (C=O) groups excluding carboxylic acids is 2. The van der Waals surface area contributed by atoms with Crippen molar-refractivity contribution in [3.8, 4) is 0 Å². The van der Waals surface area contributed by atoms with Crippen molar-refractivity contribution in [1.82, 2.24) is 9.21 Å². The average Bonchev–Trinajstić information content (AvgIpc) is 2.80. The molecular formula is C21H23F2N3O5S. The number of morpholine rings is 1. The van der Waals surface area contributed by atoms with E-state index in [2.05, 4.69) is 5.32 Å². The predicted molar refractivity (Wildman–Crippen MR) is 113 cm³/mol. The molecule has 0 aliphatic carbocycles. The van der Waals surface area contributed by atoms with Gasteiger partial charge in [-0.1, -0.05) is 6.07 Å². The minimum atomic E-state index is -3.70. The van der Waals surface area contributed by atoms with Gasteiger partial charge in [-0.3, -0.25) is 9.59 Å². The molecule has 0 atom stereocenters. The summed E-state index contributed by atoms with van der Waals surface area (Å²) in [6.45, 7) is 2.51. The van der Waals surface area contributed by atoms with Gasteiger partial charge in [-0.2, -0.15) is 4.31 Å². The molecule has 11 heteroatoms. The van der Waals surface area contributed by atoms with Gasteiger partial charge >= 0.3 is 0 Å². The van der Waals surface area contributed by atoms with E-state index in [9.17, 15) is 26.8 Å². The third-order valence-electron chi connectivity index (χ3n) is 4.94. The van der Waals surface area contributed by atoms with Gasteiger partial charge in [0, 0.05) is 25.2 Å². The summed E-state index contributed by atoms with van der Waals surface area (Å²) >= 11 is 0. The number of nitrogens with one attached hydrogen (secondary N) is 1. The van der Waals surface area contributed by atoms with Crippen molar-refractivity contribution in [3.63, 3.8) is 0 Å². The second kappa shape index (κ2) is 10.2. The first-order valence-corrected chi connectivity index (χ1v) is 11.4. The number of anilines is 1. The van der Waals surface area contributed by atoms with E-state index < -0.39 is 45.7 Å². The Morgan fingerprint density at radius 1 is 1.06 bits per heavy atom. The summed E-state index contributed by atoms with van der Waals surface area (Å²) < 4.78 is 59.3. The first-order valence-electron chi connectivity index (χ1n) is 9.95. The van der Waals surface area contributed by atoms with E-state index in [1.807, 2.05) is 0 Å². The zero-order chi connectivity index (χ0) is 23.3. The Labute approximate surface area is 184 Å². The SMILES string of the molecule is CCN(CC(=O)Nc1c(F)cccc1F)C(=O)c1ccc(S(=O)(=O)N2CCOCC2)cc1. The normalized spacial score (nSPS) is 14.7. The maximum Gasteiger partial charge on any atom is 0.254 e. The number of halogens is 2. The summed E-state index contributed by atoms with van der Waals surface area (Å²) in [5.74, 6) is -3.14. The molecule has 2 aromatic carbocycles. The Balaban J connectivity index is 1.69. The Morgan fingerprint density at radius 3 is 2.22 bits per heavy atom. The van der Waals surface area contributed by atoms with Crippen LogP contribution in [-0.2, 0) is 19.6 Å². The molecule has 0 bridgehead atoms. The van der Waals surface area contributed by atoms with Gasteiger partial charge < -0.3 is 15.0 Å². The van der Waals surface area contributed by atoms with Crippen LogP contribution in [0.15, 0.2) is 47.4 Å². The number of hydrogen-bond donors (Lipinski definition) is 1. The van der Waals surface area contributed by atoms with Crippen molar-refractivity contribution in [1.29, 1.82) is 0 Å². The number of sulfonamides is 1. The highest BCUT2D eigenvalue weighted by Crippen LogP contribution is 2.20. The third-order valence-corrected chi connectivity index (χ3v) is 6.85. The molecule has 3 rings (SSSR count). The van der Waals surface area contributed by atoms with E-state index in [4.69, 9.17) is 4.74 Å². The number of hydrogen-bond acceptors (Lipinski definition) is 5. The lowest BCUT2D eigenvalue weighted by Gasteiger charge is -2.26. The van der Waals surface area contributed by atoms with Crippen LogP contribution in [0.2, 0.25) is 0 Å². The van der Waals surface area contributed by atoms with Crippen molar-refractivity contribution in [2.24, 2.45) is 0 Å². The van der Waals surface area contributed by atoms with Gasteiger partial charge in [-0.15, -0.1) is 0 Å². The number of carbonyl (C=O) groups is 2. The van der Waals surface area contributed by atoms with Gasteiger partial charge in [-0.05, 0) is 43.3 Å². The van der Waals surface area contributed by atoms with Crippen LogP contribution < -0.4 is 5.32 Å². The maximum absolute atomic E-state index is 13.7. The van der Waals surface area contributed by atoms with Gasteiger partial charge in [0.2, 0.25) is 15.9 Å². The average molecular weight is 467 g/mol. The first kappa shape index (κ1) is 23.8. The lowest BCUT2D eigenvalue weighted by Crippen LogP contribution is -2.40. The van der Waals surface area contributed by atoms with E-state index in [0.29, 0.717) is 13.2 Å². The lowest BCUT2D eigenvalue weighted by molar-refractivity contribution is -0.116. The lowest BCUT2D eigenvalue weighted by atomic mass is 10.2. The molecule has 0 spiro atoms. The zero-order valence-electron chi connectivity index (χ0n) is 17.4. The van der Waals surface area contributed by atoms with Crippen LogP contribution in [0.4, 0.5) is 14.5 Å². The molecule has 1 saturated heterocycles. The van der Waals surface area contributed by atoms with Gasteiger partial charge in [0.05, 0.1) is 18.1 Å². The van der Waals surface area contributed by atoms with Crippen LogP contribution in [0.3, 0.4) is 0 Å². The molecule has 1 N–H and O–H groups in total. The summed E-state index contributed by atoms with van der Waals surface area (Å²) in [6.07, 6.45) is 0. The molecule has 8 nitrogen and oxygen atoms in total. The highest BCUT2D eigenvalue weighted by molar-refractivity contribution is 7.89. The van der Waals surface area contributed by atoms with Gasteiger partial charge in [0.25, 0.3) is 5.91 Å². The summed E-state index contributed by atoms with van der Waals surface area (Å²) in [6, 6.07) is 8.59. The summed E-state index contributed by atoms with van der Waals surface area (Å²) in [5.41, 5.74) is -0.406. The standard InChI is InChI=1S/C21H23F2N3O5S/c1-2-25(14-19(27)24-20-17(22)4-3-5-18(20)23)21(28)15-6-8-16(9-7-15)32(29,30)26-10-12-31-13-11-26/h3-9H,2,10-14H2,1H3,(H,24,27). The molecule has 32 heavy (non-hydrogen) atoms. The molecule has 172 valence electrons. The van der Waals surface area contributed by atoms with E-state index >= 15 is 0 Å². The topological polar surface area (TPSA) is 96.0 Å². The fourth-order valence-corrected chi connectivity index (χ4v) is 4.59. The highest BCUT2D eigenvalue weighted by Gasteiger charge is 2.27. The van der Waals surface area contributed by atoms with Crippen LogP contribution in [-0.4, -0.2) is 68.8 Å². The summed E-state index contributed by atoms with van der Waals surface area (Å²) in [4.78, 5) is 26.3. The van der Waals surface area contributed by atoms with Crippen LogP contribution in [0.1, 0.15) is 17.3 Å². The second-order valence-electron chi connectivity index (χ2n) is 7.00. The fourth-order valence-electron chi connectivity index (χ4n) is 3.18. The molecule has 0 unspecified atom stereocenters. The van der Waals surface area contributed by atoms with Gasteiger partial charge in [0.1, 0.15) is 23.9 Å². The largest absolute Gasteiger partial charge is 0.379 e. The van der Waals surface area contributed by atoms with Crippen LogP contribution in [0.25, 0.3) is 0 Å². The smallest absolute Gasteiger partial charge is 0.254 e. The molecule has 1 fully saturated rings. The maximum atomic E-state index is 13.7. The minimum absolute atomic E-state index is 0.0479. The zero-order valence-corrected chi connectivity index (χ0v) is 18.2. The highest BCUT2D eigenvalue weighted by atomic mass is 32.2. The molecule has 1 aliphatic rings. The second-order valence-corrected chi connectivity index (χ2v) is 8.94. The number of rotatable bonds is 7. The van der Waals surface area contributed by atoms with E-state index in [-0.39, 0.29) is 30.1 Å². The van der Waals surface area contributed by atoms with Crippen molar-refractivity contribution in [2.45, 2.75) is 11.8 Å². The Kier molecular flexibility index (Phi) is 7.54. The number of nitrogens with zero attached hydrogens (tertiary/aromatic N) is 2. The molecule has 2 aromatic rings. The molecule has 0 saturated carbocycles. The minimum Gasteiger partial charge on any atom is -0.379 e. The van der Waals surface area contributed by atoms with Crippen LogP contribution in [0.5, 0.6) is 0 Å². The Hall–Kier alpha value is -2.89.